The van der Waals surface area contributed by atoms with Gasteiger partial charge in [0.15, 0.2) is 5.82 Å². The zero-order valence-corrected chi connectivity index (χ0v) is 31.3. The van der Waals surface area contributed by atoms with Gasteiger partial charge in [-0.05, 0) is 138 Å². The molecule has 0 spiro atoms. The van der Waals surface area contributed by atoms with Gasteiger partial charge in [-0.3, -0.25) is 9.89 Å². The molecule has 1 aromatic carbocycles. The average Bonchev–Trinajstić information content (AvgIpc) is 3.39. The molecule has 10 nitrogen and oxygen atoms in total. The van der Waals surface area contributed by atoms with Gasteiger partial charge in [-0.1, -0.05) is 24.3 Å². The van der Waals surface area contributed by atoms with Crippen LogP contribution in [0, 0.1) is 29.1 Å². The minimum Gasteiger partial charge on any atom is -0.507 e. The molecular weight excluding hydrogens is 651 g/mol. The minimum atomic E-state index is -0.454. The summed E-state index contributed by atoms with van der Waals surface area (Å²) in [6.45, 7) is 11.1. The third-order valence-corrected chi connectivity index (χ3v) is 13.2. The van der Waals surface area contributed by atoms with Gasteiger partial charge in [-0.15, -0.1) is 10.2 Å². The van der Waals surface area contributed by atoms with Crippen molar-refractivity contribution >= 4 is 23.8 Å². The predicted molar refractivity (Wildman–Crippen MR) is 206 cm³/mol. The number of carbonyl (C=O) groups is 1. The number of fused-ring (bicyclic) bond motifs is 2. The minimum absolute atomic E-state index is 0.182. The van der Waals surface area contributed by atoms with E-state index >= 15 is 0 Å². The summed E-state index contributed by atoms with van der Waals surface area (Å²) in [7, 11) is 0. The Hall–Kier alpha value is -3.92. The lowest BCUT2D eigenvalue weighted by Crippen LogP contribution is -2.61. The number of piperazine rings is 1. The van der Waals surface area contributed by atoms with Crippen molar-refractivity contribution in [3.63, 3.8) is 0 Å². The Morgan fingerprint density at radius 2 is 1.79 bits per heavy atom. The number of nitrogens with two attached hydrogens (primary N) is 1. The Morgan fingerprint density at radius 3 is 2.54 bits per heavy atom. The van der Waals surface area contributed by atoms with Crippen molar-refractivity contribution in [2.24, 2.45) is 34.1 Å². The van der Waals surface area contributed by atoms with Crippen LogP contribution in [0.5, 0.6) is 5.75 Å². The fourth-order valence-corrected chi connectivity index (χ4v) is 10.5. The molecule has 4 unspecified atom stereocenters. The van der Waals surface area contributed by atoms with Crippen LogP contribution in [0.1, 0.15) is 85.0 Å². The summed E-state index contributed by atoms with van der Waals surface area (Å²) in [5.74, 6) is 3.26. The van der Waals surface area contributed by atoms with Gasteiger partial charge in [0.05, 0.1) is 11.4 Å². The first-order chi connectivity index (χ1) is 25.1. The Morgan fingerprint density at radius 1 is 1.02 bits per heavy atom. The highest BCUT2D eigenvalue weighted by molar-refractivity contribution is 5.80. The normalized spacial score (nSPS) is 33.4. The van der Waals surface area contributed by atoms with Crippen molar-refractivity contribution in [1.82, 2.24) is 20.0 Å². The smallest absolute Gasteiger partial charge is 0.410 e. The molecule has 1 aromatic heterocycles. The fraction of sp³-hybridized carbons (Fsp3) is 0.619. The van der Waals surface area contributed by atoms with Gasteiger partial charge in [0.25, 0.3) is 0 Å². The predicted octanol–water partition coefficient (Wildman–Crippen LogP) is 7.46. The van der Waals surface area contributed by atoms with Crippen molar-refractivity contribution in [3.05, 3.63) is 53.8 Å². The second-order valence-corrected chi connectivity index (χ2v) is 17.4. The highest BCUT2D eigenvalue weighted by atomic mass is 16.6. The summed E-state index contributed by atoms with van der Waals surface area (Å²) in [5, 5.41) is 19.1. The van der Waals surface area contributed by atoms with Crippen molar-refractivity contribution in [3.8, 4) is 17.0 Å². The first kappa shape index (κ1) is 35.1. The topological polar surface area (TPSA) is 120 Å². The lowest BCUT2D eigenvalue weighted by molar-refractivity contribution is -0.169. The molecule has 1 amide bonds. The number of aromatic nitrogens is 2. The van der Waals surface area contributed by atoms with Crippen LogP contribution in [-0.2, 0) is 4.74 Å². The third kappa shape index (κ3) is 6.95. The number of hydrogen-bond donors (Lipinski definition) is 2. The van der Waals surface area contributed by atoms with Crippen molar-refractivity contribution in [2.75, 3.05) is 49.9 Å². The molecule has 7 aliphatic rings. The van der Waals surface area contributed by atoms with E-state index in [0.717, 1.165) is 70.1 Å². The van der Waals surface area contributed by atoms with Crippen LogP contribution >= 0.6 is 0 Å². The number of allylic oxidation sites excluding steroid dienone is 4. The summed E-state index contributed by atoms with van der Waals surface area (Å²) in [5.41, 5.74) is 11.3. The number of phenolic OH excluding ortho intramolecular Hbond substituents is 1. The Bertz CT molecular complexity index is 1730. The monoisotopic (exact) mass is 707 g/mol. The van der Waals surface area contributed by atoms with Gasteiger partial charge in [-0.2, -0.15) is 0 Å². The second-order valence-electron chi connectivity index (χ2n) is 17.4. The van der Waals surface area contributed by atoms with Gasteiger partial charge < -0.3 is 25.4 Å². The van der Waals surface area contributed by atoms with Crippen LogP contribution in [0.25, 0.3) is 11.3 Å². The Balaban J connectivity index is 0.878. The van der Waals surface area contributed by atoms with Gasteiger partial charge in [-0.25, -0.2) is 4.79 Å². The molecule has 10 heteroatoms. The van der Waals surface area contributed by atoms with E-state index < -0.39 is 5.60 Å². The third-order valence-electron chi connectivity index (χ3n) is 13.2. The SMILES string of the molecule is CC(C)(C)OC(=O)N1CCN(C2CCC(C3=C/CCC/C=C(CC45CC6CN(c7cc(-c8ccccc8O)nnc7N)CC4CC65)/N=C\3)CC2)CC1. The highest BCUT2D eigenvalue weighted by Crippen LogP contribution is 2.72. The lowest BCUT2D eigenvalue weighted by atomic mass is 9.37. The molecule has 3 N–H and O–H groups in total. The number of nitrogens with zero attached hydrogens (tertiary/aromatic N) is 6. The van der Waals surface area contributed by atoms with E-state index in [0.29, 0.717) is 46.3 Å². The molecule has 0 radical (unpaired) electrons. The van der Waals surface area contributed by atoms with Gasteiger partial charge >= 0.3 is 6.09 Å². The molecule has 4 aliphatic heterocycles. The summed E-state index contributed by atoms with van der Waals surface area (Å²) in [6.07, 6.45) is 18.8. The Labute approximate surface area is 309 Å². The quantitative estimate of drug-likeness (QED) is 0.318. The first-order valence-corrected chi connectivity index (χ1v) is 19.9. The van der Waals surface area contributed by atoms with Gasteiger partial charge in [0, 0.05) is 62.8 Å². The molecule has 9 rings (SSSR count). The van der Waals surface area contributed by atoms with Crippen LogP contribution in [0.15, 0.2) is 58.7 Å². The number of para-hydroxylation sites is 1. The van der Waals surface area contributed by atoms with E-state index in [9.17, 15) is 9.90 Å². The van der Waals surface area contributed by atoms with E-state index in [2.05, 4.69) is 38.4 Å². The van der Waals surface area contributed by atoms with E-state index in [1.807, 2.05) is 49.9 Å². The van der Waals surface area contributed by atoms with E-state index in [-0.39, 0.29) is 11.8 Å². The first-order valence-electron chi connectivity index (χ1n) is 19.9. The number of carbonyl (C=O) groups excluding carboxylic acids is 1. The number of hydrogen-bond acceptors (Lipinski definition) is 9. The summed E-state index contributed by atoms with van der Waals surface area (Å²) in [4.78, 5) is 24.8. The summed E-state index contributed by atoms with van der Waals surface area (Å²) in [6, 6.07) is 9.91. The maximum atomic E-state index is 12.6. The molecular formula is C42H57N7O3. The number of aliphatic imine (C=N–C) groups is 1. The molecule has 52 heavy (non-hydrogen) atoms. The van der Waals surface area contributed by atoms with Crippen LogP contribution in [0.3, 0.4) is 0 Å². The average molecular weight is 708 g/mol. The zero-order chi connectivity index (χ0) is 36.0. The van der Waals surface area contributed by atoms with Gasteiger partial charge in [0.2, 0.25) is 0 Å². The van der Waals surface area contributed by atoms with Crippen LogP contribution in [0.2, 0.25) is 0 Å². The molecule has 6 fully saturated rings. The standard InChI is InChI=1S/C42H57N7O3/c1-41(2,3)52-40(51)48-19-17-47(18-20-48)33-15-13-28(14-16-33)29-9-5-4-6-10-32(44-25-29)24-42-23-30-26-49(27-31(42)21-35(30)42)37-22-36(45-46-39(37)43)34-11-7-8-12-38(34)50/h7-12,22,25,28,30-31,33,35,50H,4-6,13-21,23-24,26-27H2,1-3H3,(H2,43,46)/b29-9+,32-10+,44-25-. The largest absolute Gasteiger partial charge is 0.507 e. The molecule has 5 heterocycles. The molecule has 278 valence electrons. The summed E-state index contributed by atoms with van der Waals surface area (Å²) < 4.78 is 5.61. The molecule has 2 aromatic rings. The Kier molecular flexibility index (Phi) is 9.55. The second kappa shape index (κ2) is 14.1. The van der Waals surface area contributed by atoms with Crippen molar-refractivity contribution < 1.29 is 14.6 Å². The number of ether oxygens (including phenoxy) is 1. The molecule has 4 bridgehead atoms. The van der Waals surface area contributed by atoms with E-state index in [1.165, 1.54) is 56.2 Å². The number of anilines is 2. The van der Waals surface area contributed by atoms with Crippen LogP contribution in [-0.4, -0.2) is 88.3 Å². The molecule has 3 saturated carbocycles. The number of nitrogen functional groups attached to an aromatic ring is 1. The van der Waals surface area contributed by atoms with E-state index in [1.54, 1.807) is 6.07 Å². The fourth-order valence-electron chi connectivity index (χ4n) is 10.5. The molecule has 3 aliphatic carbocycles. The number of benzene rings is 1. The number of rotatable bonds is 6. The number of aromatic hydroxyl groups is 1. The maximum absolute atomic E-state index is 12.6. The lowest BCUT2D eigenvalue weighted by Gasteiger charge is -2.66. The van der Waals surface area contributed by atoms with Crippen LogP contribution in [0.4, 0.5) is 16.3 Å². The number of phenols is 1. The van der Waals surface area contributed by atoms with Crippen molar-refractivity contribution in [2.45, 2.75) is 96.6 Å². The van der Waals surface area contributed by atoms with Crippen LogP contribution < -0.4 is 10.6 Å². The molecule has 4 atom stereocenters. The molecule has 3 saturated heterocycles. The van der Waals surface area contributed by atoms with E-state index in [4.69, 9.17) is 15.5 Å². The zero-order valence-electron chi connectivity index (χ0n) is 31.3. The van der Waals surface area contributed by atoms with Crippen molar-refractivity contribution in [1.29, 1.82) is 0 Å². The highest BCUT2D eigenvalue weighted by Gasteiger charge is 2.67. The van der Waals surface area contributed by atoms with Gasteiger partial charge in [0.1, 0.15) is 11.4 Å². The summed E-state index contributed by atoms with van der Waals surface area (Å²) >= 11 is 0. The number of amides is 1. The maximum Gasteiger partial charge on any atom is 0.410 e.